The van der Waals surface area contributed by atoms with Crippen molar-refractivity contribution in [2.24, 2.45) is 5.73 Å². The summed E-state index contributed by atoms with van der Waals surface area (Å²) in [7, 11) is 0. The van der Waals surface area contributed by atoms with Crippen LogP contribution in [-0.2, 0) is 16.0 Å². The molecule has 0 bridgehead atoms. The van der Waals surface area contributed by atoms with Crippen LogP contribution in [0.15, 0.2) is 41.8 Å². The largest absolute Gasteiger partial charge is 0.481 e. The van der Waals surface area contributed by atoms with Crippen molar-refractivity contribution >= 4 is 29.2 Å². The van der Waals surface area contributed by atoms with Crippen LogP contribution < -0.4 is 11.1 Å². The van der Waals surface area contributed by atoms with Crippen LogP contribution >= 0.6 is 11.3 Å². The average molecular weight is 404 g/mol. The van der Waals surface area contributed by atoms with Gasteiger partial charge in [0.1, 0.15) is 6.04 Å². The molecule has 1 amide bonds. The number of thiophene rings is 1. The molecule has 150 valence electrons. The average Bonchev–Trinajstić information content (AvgIpc) is 3.16. The van der Waals surface area contributed by atoms with E-state index in [2.05, 4.69) is 16.8 Å². The van der Waals surface area contributed by atoms with Gasteiger partial charge in [-0.2, -0.15) is 0 Å². The molecule has 1 aliphatic carbocycles. The molecule has 5 N–H and O–H groups in total. The number of carboxylic acids is 2. The van der Waals surface area contributed by atoms with Gasteiger partial charge in [-0.25, -0.2) is 4.79 Å². The van der Waals surface area contributed by atoms with E-state index in [9.17, 15) is 14.4 Å². The first-order chi connectivity index (χ1) is 13.4. The van der Waals surface area contributed by atoms with Gasteiger partial charge in [0.25, 0.3) is 5.91 Å². The molecule has 2 unspecified atom stereocenters. The number of carbonyl (C=O) groups excluding carboxylic acids is 1. The van der Waals surface area contributed by atoms with Crippen molar-refractivity contribution in [1.29, 1.82) is 0 Å². The lowest BCUT2D eigenvalue weighted by Gasteiger charge is -2.17. The third kappa shape index (κ3) is 6.47. The van der Waals surface area contributed by atoms with Crippen molar-refractivity contribution < 1.29 is 24.6 Å². The van der Waals surface area contributed by atoms with Gasteiger partial charge in [-0.3, -0.25) is 9.59 Å². The molecule has 28 heavy (non-hydrogen) atoms. The first-order valence-electron chi connectivity index (χ1n) is 9.01. The molecule has 2 atom stereocenters. The van der Waals surface area contributed by atoms with Crippen LogP contribution in [0.1, 0.15) is 52.5 Å². The molecule has 3 rings (SSSR count). The van der Waals surface area contributed by atoms with Crippen LogP contribution in [0, 0.1) is 0 Å². The number of hydrogen-bond donors (Lipinski definition) is 4. The second-order valence-electron chi connectivity index (χ2n) is 6.46. The number of carbonyl (C=O) groups is 3. The summed E-state index contributed by atoms with van der Waals surface area (Å²) in [5.41, 5.74) is 7.63. The standard InChI is InChI=1S/C12H13NO5.C8H11NS/c14-10(15)7-6-9(12(17)18)13-11(16)8-4-2-1-3-5-8;9-7-2-1-3-8-6(7)4-5-10-8/h1-5,9H,6-7H2,(H,13,16)(H,14,15)(H,17,18);4-5,7H,1-3,9H2. The molecule has 0 saturated carbocycles. The number of nitrogens with one attached hydrogen (secondary N) is 1. The van der Waals surface area contributed by atoms with Crippen LogP contribution in [0.25, 0.3) is 0 Å². The van der Waals surface area contributed by atoms with E-state index in [1.54, 1.807) is 30.3 Å². The molecule has 0 saturated heterocycles. The highest BCUT2D eigenvalue weighted by molar-refractivity contribution is 7.10. The van der Waals surface area contributed by atoms with Crippen molar-refractivity contribution in [1.82, 2.24) is 5.32 Å². The van der Waals surface area contributed by atoms with Crippen LogP contribution in [0.2, 0.25) is 0 Å². The zero-order chi connectivity index (χ0) is 20.5. The summed E-state index contributed by atoms with van der Waals surface area (Å²) in [6.07, 6.45) is 3.23. The fourth-order valence-corrected chi connectivity index (χ4v) is 3.88. The number of aliphatic carboxylic acids is 2. The molecule has 1 aliphatic rings. The van der Waals surface area contributed by atoms with Gasteiger partial charge in [0.05, 0.1) is 0 Å². The van der Waals surface area contributed by atoms with E-state index in [-0.39, 0.29) is 12.8 Å². The number of benzene rings is 1. The van der Waals surface area contributed by atoms with E-state index in [1.165, 1.54) is 29.7 Å². The van der Waals surface area contributed by atoms with Gasteiger partial charge in [0.15, 0.2) is 0 Å². The Balaban J connectivity index is 0.000000233. The maximum absolute atomic E-state index is 11.7. The Bertz CT molecular complexity index is 806. The molecule has 0 radical (unpaired) electrons. The summed E-state index contributed by atoms with van der Waals surface area (Å²) in [6.45, 7) is 0. The van der Waals surface area contributed by atoms with E-state index in [4.69, 9.17) is 15.9 Å². The van der Waals surface area contributed by atoms with Gasteiger partial charge in [-0.05, 0) is 54.8 Å². The van der Waals surface area contributed by atoms with E-state index >= 15 is 0 Å². The van der Waals surface area contributed by atoms with Gasteiger partial charge in [-0.15, -0.1) is 11.3 Å². The minimum Gasteiger partial charge on any atom is -0.481 e. The third-order valence-corrected chi connectivity index (χ3v) is 5.38. The fraction of sp³-hybridized carbons (Fsp3) is 0.350. The van der Waals surface area contributed by atoms with E-state index in [1.807, 2.05) is 11.3 Å². The summed E-state index contributed by atoms with van der Waals surface area (Å²) in [6, 6.07) is 9.43. The van der Waals surface area contributed by atoms with E-state index in [0.29, 0.717) is 11.6 Å². The molecule has 7 nitrogen and oxygen atoms in total. The lowest BCUT2D eigenvalue weighted by atomic mass is 9.95. The van der Waals surface area contributed by atoms with Gasteiger partial charge in [-0.1, -0.05) is 18.2 Å². The second kappa shape index (κ2) is 10.6. The van der Waals surface area contributed by atoms with E-state index < -0.39 is 23.9 Å². The quantitative estimate of drug-likeness (QED) is 0.586. The Morgan fingerprint density at radius 2 is 1.89 bits per heavy atom. The number of nitrogens with two attached hydrogens (primary N) is 1. The molecule has 0 spiro atoms. The lowest BCUT2D eigenvalue weighted by Crippen LogP contribution is -2.41. The minimum absolute atomic E-state index is 0.150. The SMILES string of the molecule is NC1CCCc2sccc21.O=C(O)CCC(NC(=O)c1ccccc1)C(=O)O. The van der Waals surface area contributed by atoms with Crippen LogP contribution in [-0.4, -0.2) is 34.1 Å². The molecule has 1 aromatic heterocycles. The Labute approximate surface area is 167 Å². The van der Waals surface area contributed by atoms with E-state index in [0.717, 1.165) is 0 Å². The molecule has 2 aromatic rings. The van der Waals surface area contributed by atoms with Crippen molar-refractivity contribution in [3.8, 4) is 0 Å². The highest BCUT2D eigenvalue weighted by Gasteiger charge is 2.21. The third-order valence-electron chi connectivity index (χ3n) is 4.38. The summed E-state index contributed by atoms with van der Waals surface area (Å²) in [5.74, 6) is -2.89. The normalized spacial score (nSPS) is 16.1. The van der Waals surface area contributed by atoms with Gasteiger partial charge >= 0.3 is 11.9 Å². The summed E-state index contributed by atoms with van der Waals surface area (Å²) in [4.78, 5) is 34.4. The Hall–Kier alpha value is -2.71. The van der Waals surface area contributed by atoms with Gasteiger partial charge in [0, 0.05) is 22.9 Å². The summed E-state index contributed by atoms with van der Waals surface area (Å²) in [5, 5.41) is 21.8. The predicted molar refractivity (Wildman–Crippen MR) is 106 cm³/mol. The van der Waals surface area contributed by atoms with Gasteiger partial charge in [0.2, 0.25) is 0 Å². The number of aryl methyl sites for hydroxylation is 1. The molecule has 0 fully saturated rings. The summed E-state index contributed by atoms with van der Waals surface area (Å²) < 4.78 is 0. The first-order valence-corrected chi connectivity index (χ1v) is 9.88. The minimum atomic E-state index is -1.25. The number of hydrogen-bond acceptors (Lipinski definition) is 5. The molecule has 1 aromatic carbocycles. The van der Waals surface area contributed by atoms with Crippen LogP contribution in [0.4, 0.5) is 0 Å². The van der Waals surface area contributed by atoms with Crippen LogP contribution in [0.5, 0.6) is 0 Å². The Morgan fingerprint density at radius 1 is 1.18 bits per heavy atom. The molecule has 8 heteroatoms. The second-order valence-corrected chi connectivity index (χ2v) is 7.46. The molecule has 1 heterocycles. The number of carboxylic acid groups (broad SMARTS) is 2. The molecular weight excluding hydrogens is 380 g/mol. The molecule has 0 aliphatic heterocycles. The lowest BCUT2D eigenvalue weighted by molar-refractivity contribution is -0.140. The van der Waals surface area contributed by atoms with Crippen molar-refractivity contribution in [3.63, 3.8) is 0 Å². The monoisotopic (exact) mass is 404 g/mol. The Kier molecular flexibility index (Phi) is 8.16. The fourth-order valence-electron chi connectivity index (χ4n) is 2.88. The maximum Gasteiger partial charge on any atom is 0.326 e. The Morgan fingerprint density at radius 3 is 2.50 bits per heavy atom. The first kappa shape index (κ1) is 21.6. The molecular formula is C20H24N2O5S. The van der Waals surface area contributed by atoms with Gasteiger partial charge < -0.3 is 21.3 Å². The van der Waals surface area contributed by atoms with Crippen molar-refractivity contribution in [3.05, 3.63) is 57.8 Å². The van der Waals surface area contributed by atoms with Crippen molar-refractivity contribution in [2.45, 2.75) is 44.2 Å². The van der Waals surface area contributed by atoms with Crippen molar-refractivity contribution in [2.75, 3.05) is 0 Å². The predicted octanol–water partition coefficient (Wildman–Crippen LogP) is 2.82. The topological polar surface area (TPSA) is 130 Å². The zero-order valence-corrected chi connectivity index (χ0v) is 16.2. The maximum atomic E-state index is 11.7. The highest BCUT2D eigenvalue weighted by Crippen LogP contribution is 2.31. The number of amides is 1. The smallest absolute Gasteiger partial charge is 0.326 e. The van der Waals surface area contributed by atoms with Crippen LogP contribution in [0.3, 0.4) is 0 Å². The highest BCUT2D eigenvalue weighted by atomic mass is 32.1. The zero-order valence-electron chi connectivity index (χ0n) is 15.3. The summed E-state index contributed by atoms with van der Waals surface area (Å²) >= 11 is 1.85. The number of rotatable bonds is 6. The number of fused-ring (bicyclic) bond motifs is 1.